The summed E-state index contributed by atoms with van der Waals surface area (Å²) < 4.78 is 36.8. The third kappa shape index (κ3) is 3.79. The number of furan rings is 1. The van der Waals surface area contributed by atoms with Crippen molar-refractivity contribution in [1.82, 2.24) is 0 Å². The van der Waals surface area contributed by atoms with Crippen molar-refractivity contribution in [3.05, 3.63) is 53.5 Å². The van der Waals surface area contributed by atoms with Gasteiger partial charge in [0.1, 0.15) is 23.9 Å². The van der Waals surface area contributed by atoms with Crippen LogP contribution < -0.4 is 10.5 Å². The van der Waals surface area contributed by atoms with E-state index < -0.39 is 11.6 Å². The van der Waals surface area contributed by atoms with Gasteiger partial charge in [0.25, 0.3) is 0 Å². The van der Waals surface area contributed by atoms with Crippen LogP contribution in [0.3, 0.4) is 0 Å². The van der Waals surface area contributed by atoms with E-state index in [9.17, 15) is 8.78 Å². The van der Waals surface area contributed by atoms with Gasteiger partial charge in [-0.1, -0.05) is 0 Å². The van der Waals surface area contributed by atoms with Crippen LogP contribution in [0.15, 0.2) is 34.7 Å². The maximum absolute atomic E-state index is 13.3. The fraction of sp³-hybridized carbons (Fsp3) is 0.286. The number of rotatable bonds is 6. The van der Waals surface area contributed by atoms with E-state index in [0.29, 0.717) is 12.3 Å². The van der Waals surface area contributed by atoms with E-state index in [4.69, 9.17) is 14.9 Å². The normalized spacial score (nSPS) is 10.7. The molecule has 1 aromatic carbocycles. The molecule has 0 aliphatic heterocycles. The molecule has 2 N–H and O–H groups in total. The monoisotopic (exact) mass is 267 g/mol. The number of halogens is 2. The lowest BCUT2D eigenvalue weighted by Crippen LogP contribution is -1.99. The molecular formula is C14H15F2NO2. The number of ether oxygens (including phenoxy) is 1. The molecule has 1 heterocycles. The molecule has 2 aromatic rings. The summed E-state index contributed by atoms with van der Waals surface area (Å²) in [5, 5.41) is 0. The Hall–Kier alpha value is -1.88. The Labute approximate surface area is 110 Å². The molecule has 0 fully saturated rings. The fourth-order valence-corrected chi connectivity index (χ4v) is 1.65. The van der Waals surface area contributed by atoms with Crippen LogP contribution in [0.4, 0.5) is 8.78 Å². The molecule has 3 nitrogen and oxygen atoms in total. The van der Waals surface area contributed by atoms with E-state index >= 15 is 0 Å². The Bertz CT molecular complexity index is 540. The van der Waals surface area contributed by atoms with Crippen LogP contribution in [-0.4, -0.2) is 6.54 Å². The highest BCUT2D eigenvalue weighted by Crippen LogP contribution is 2.19. The van der Waals surface area contributed by atoms with E-state index in [0.717, 1.165) is 30.7 Å². The fourth-order valence-electron chi connectivity index (χ4n) is 1.65. The van der Waals surface area contributed by atoms with Crippen LogP contribution in [-0.2, 0) is 13.0 Å². The number of hydrogen-bond donors (Lipinski definition) is 1. The van der Waals surface area contributed by atoms with E-state index in [1.54, 1.807) is 6.07 Å². The predicted octanol–water partition coefficient (Wildman–Crippen LogP) is 3.03. The highest BCUT2D eigenvalue weighted by atomic mass is 19.1. The molecule has 0 radical (unpaired) electrons. The Morgan fingerprint density at radius 1 is 1.11 bits per heavy atom. The molecule has 102 valence electrons. The van der Waals surface area contributed by atoms with Gasteiger partial charge >= 0.3 is 0 Å². The first kappa shape index (κ1) is 13.5. The standard InChI is InChI=1S/C14H15F2NO2/c15-10-3-6-14(13(16)8-10)18-9-12-5-4-11(19-12)2-1-7-17/h3-6,8H,1-2,7,9,17H2. The number of aryl methyl sites for hydroxylation is 1. The maximum atomic E-state index is 13.3. The summed E-state index contributed by atoms with van der Waals surface area (Å²) in [6.45, 7) is 0.707. The summed E-state index contributed by atoms with van der Waals surface area (Å²) >= 11 is 0. The Balaban J connectivity index is 1.92. The summed E-state index contributed by atoms with van der Waals surface area (Å²) in [5.41, 5.74) is 5.41. The van der Waals surface area contributed by atoms with Crippen LogP contribution in [0, 0.1) is 11.6 Å². The van der Waals surface area contributed by atoms with Crippen LogP contribution in [0.1, 0.15) is 17.9 Å². The minimum Gasteiger partial charge on any atom is -0.483 e. The molecule has 2 rings (SSSR count). The van der Waals surface area contributed by atoms with Gasteiger partial charge in [0, 0.05) is 12.5 Å². The van der Waals surface area contributed by atoms with E-state index in [-0.39, 0.29) is 12.4 Å². The van der Waals surface area contributed by atoms with Crippen molar-refractivity contribution in [2.75, 3.05) is 6.54 Å². The summed E-state index contributed by atoms with van der Waals surface area (Å²) in [5.74, 6) is 0.0579. The van der Waals surface area contributed by atoms with Gasteiger partial charge in [-0.25, -0.2) is 8.78 Å². The molecule has 0 spiro atoms. The molecule has 0 saturated heterocycles. The van der Waals surface area contributed by atoms with E-state index in [2.05, 4.69) is 0 Å². The quantitative estimate of drug-likeness (QED) is 0.875. The van der Waals surface area contributed by atoms with E-state index in [1.807, 2.05) is 6.07 Å². The van der Waals surface area contributed by atoms with Crippen molar-refractivity contribution in [2.24, 2.45) is 5.73 Å². The lowest BCUT2D eigenvalue weighted by atomic mass is 10.2. The SMILES string of the molecule is NCCCc1ccc(COc2ccc(F)cc2F)o1. The second-order valence-electron chi connectivity index (χ2n) is 4.12. The highest BCUT2D eigenvalue weighted by molar-refractivity contribution is 5.24. The van der Waals surface area contributed by atoms with Crippen molar-refractivity contribution in [3.8, 4) is 5.75 Å². The number of nitrogens with two attached hydrogens (primary N) is 1. The maximum Gasteiger partial charge on any atom is 0.167 e. The molecule has 19 heavy (non-hydrogen) atoms. The molecule has 0 aliphatic carbocycles. The zero-order chi connectivity index (χ0) is 13.7. The van der Waals surface area contributed by atoms with Gasteiger partial charge in [0.15, 0.2) is 11.6 Å². The number of hydrogen-bond acceptors (Lipinski definition) is 3. The van der Waals surface area contributed by atoms with E-state index in [1.165, 1.54) is 6.07 Å². The van der Waals surface area contributed by atoms with Crippen molar-refractivity contribution >= 4 is 0 Å². The average Bonchev–Trinajstić information content (AvgIpc) is 2.83. The molecule has 1 aromatic heterocycles. The van der Waals surface area contributed by atoms with Crippen molar-refractivity contribution in [2.45, 2.75) is 19.4 Å². The Morgan fingerprint density at radius 3 is 2.63 bits per heavy atom. The van der Waals surface area contributed by atoms with Crippen molar-refractivity contribution in [3.63, 3.8) is 0 Å². The van der Waals surface area contributed by atoms with Gasteiger partial charge in [-0.3, -0.25) is 0 Å². The second kappa shape index (κ2) is 6.33. The topological polar surface area (TPSA) is 48.4 Å². The second-order valence-corrected chi connectivity index (χ2v) is 4.12. The molecule has 0 saturated carbocycles. The first-order valence-corrected chi connectivity index (χ1v) is 6.04. The van der Waals surface area contributed by atoms with Crippen molar-refractivity contribution < 1.29 is 17.9 Å². The predicted molar refractivity (Wildman–Crippen MR) is 66.8 cm³/mol. The average molecular weight is 267 g/mol. The minimum absolute atomic E-state index is 0.00121. The molecule has 0 unspecified atom stereocenters. The Kier molecular flexibility index (Phi) is 4.52. The van der Waals surface area contributed by atoms with Crippen LogP contribution in [0.2, 0.25) is 0 Å². The molecule has 0 bridgehead atoms. The smallest absolute Gasteiger partial charge is 0.167 e. The largest absolute Gasteiger partial charge is 0.483 e. The van der Waals surface area contributed by atoms with Gasteiger partial charge in [0.05, 0.1) is 0 Å². The molecular weight excluding hydrogens is 252 g/mol. The lowest BCUT2D eigenvalue weighted by molar-refractivity contribution is 0.254. The third-order valence-electron chi connectivity index (χ3n) is 2.61. The summed E-state index contributed by atoms with van der Waals surface area (Å²) in [4.78, 5) is 0. The summed E-state index contributed by atoms with van der Waals surface area (Å²) in [7, 11) is 0. The first-order valence-electron chi connectivity index (χ1n) is 6.04. The number of benzene rings is 1. The van der Waals surface area contributed by atoms with Crippen LogP contribution in [0.5, 0.6) is 5.75 Å². The van der Waals surface area contributed by atoms with Crippen LogP contribution >= 0.6 is 0 Å². The molecule has 5 heteroatoms. The molecule has 0 atom stereocenters. The van der Waals surface area contributed by atoms with Gasteiger partial charge in [-0.05, 0) is 37.2 Å². The van der Waals surface area contributed by atoms with Gasteiger partial charge < -0.3 is 14.9 Å². The van der Waals surface area contributed by atoms with Gasteiger partial charge in [0.2, 0.25) is 0 Å². The zero-order valence-electron chi connectivity index (χ0n) is 10.4. The molecule has 0 amide bonds. The zero-order valence-corrected chi connectivity index (χ0v) is 10.4. The lowest BCUT2D eigenvalue weighted by Gasteiger charge is -2.05. The van der Waals surface area contributed by atoms with Crippen LogP contribution in [0.25, 0.3) is 0 Å². The first-order chi connectivity index (χ1) is 9.19. The van der Waals surface area contributed by atoms with Gasteiger partial charge in [-0.2, -0.15) is 0 Å². The Morgan fingerprint density at radius 2 is 1.89 bits per heavy atom. The summed E-state index contributed by atoms with van der Waals surface area (Å²) in [6, 6.07) is 6.79. The minimum atomic E-state index is -0.727. The van der Waals surface area contributed by atoms with Crippen molar-refractivity contribution in [1.29, 1.82) is 0 Å². The summed E-state index contributed by atoms with van der Waals surface area (Å²) in [6.07, 6.45) is 1.61. The van der Waals surface area contributed by atoms with Gasteiger partial charge in [-0.15, -0.1) is 0 Å². The third-order valence-corrected chi connectivity index (χ3v) is 2.61. The highest BCUT2D eigenvalue weighted by Gasteiger charge is 2.07. The molecule has 0 aliphatic rings.